The van der Waals surface area contributed by atoms with Crippen LogP contribution in [0.3, 0.4) is 0 Å². The molecular formula is C19H18O. The van der Waals surface area contributed by atoms with Crippen molar-refractivity contribution in [1.29, 1.82) is 0 Å². The molecule has 1 nitrogen and oxygen atoms in total. The Morgan fingerprint density at radius 3 is 2.65 bits per heavy atom. The largest absolute Gasteiger partial charge is 0.299 e. The van der Waals surface area contributed by atoms with Gasteiger partial charge < -0.3 is 0 Å². The lowest BCUT2D eigenvalue weighted by molar-refractivity contribution is -0.104. The fraction of sp³-hybridized carbons (Fsp3) is 0.105. The van der Waals surface area contributed by atoms with Crippen molar-refractivity contribution in [2.45, 2.75) is 13.8 Å². The molecule has 0 amide bonds. The van der Waals surface area contributed by atoms with Gasteiger partial charge in [0.05, 0.1) is 0 Å². The molecule has 2 rings (SSSR count). The molecule has 0 radical (unpaired) electrons. The summed E-state index contributed by atoms with van der Waals surface area (Å²) >= 11 is 0. The van der Waals surface area contributed by atoms with Gasteiger partial charge in [-0.1, -0.05) is 60.7 Å². The minimum absolute atomic E-state index is 0.803. The Morgan fingerprint density at radius 2 is 1.85 bits per heavy atom. The molecule has 0 aromatic carbocycles. The number of aryl methyl sites for hydroxylation is 1. The lowest BCUT2D eigenvalue weighted by Gasteiger charge is -2.00. The average molecular weight is 262 g/mol. The fourth-order valence-corrected chi connectivity index (χ4v) is 2.22. The van der Waals surface area contributed by atoms with Gasteiger partial charge in [-0.25, -0.2) is 0 Å². The number of aldehydes is 1. The summed E-state index contributed by atoms with van der Waals surface area (Å²) in [6.45, 7) is 4.04. The van der Waals surface area contributed by atoms with E-state index in [2.05, 4.69) is 49.4 Å². The predicted octanol–water partition coefficient (Wildman–Crippen LogP) is 4.81. The van der Waals surface area contributed by atoms with Gasteiger partial charge in [0, 0.05) is 0 Å². The van der Waals surface area contributed by atoms with Gasteiger partial charge in [0.25, 0.3) is 0 Å². The Kier molecular flexibility index (Phi) is 4.67. The quantitative estimate of drug-likeness (QED) is 0.439. The fourth-order valence-electron chi connectivity index (χ4n) is 2.22. The molecule has 20 heavy (non-hydrogen) atoms. The molecule has 2 aliphatic carbocycles. The first-order valence-corrected chi connectivity index (χ1v) is 6.67. The molecule has 0 saturated carbocycles. The normalized spacial score (nSPS) is 12.6. The van der Waals surface area contributed by atoms with Crippen LogP contribution in [0.15, 0.2) is 66.3 Å². The van der Waals surface area contributed by atoms with E-state index in [4.69, 9.17) is 0 Å². The Hall–Kier alpha value is -2.41. The number of carbonyl (C=O) groups excluding carboxylic acids is 1. The van der Waals surface area contributed by atoms with Gasteiger partial charge in [0.1, 0.15) is 6.29 Å². The first kappa shape index (κ1) is 14.0. The van der Waals surface area contributed by atoms with Crippen LogP contribution in [0.1, 0.15) is 18.1 Å². The van der Waals surface area contributed by atoms with E-state index in [-0.39, 0.29) is 0 Å². The molecule has 0 heterocycles. The zero-order valence-corrected chi connectivity index (χ0v) is 11.8. The Balaban J connectivity index is 2.24. The second kappa shape index (κ2) is 6.67. The first-order valence-electron chi connectivity index (χ1n) is 6.67. The summed E-state index contributed by atoms with van der Waals surface area (Å²) in [5.41, 5.74) is 5.98. The van der Waals surface area contributed by atoms with Crippen molar-refractivity contribution in [3.63, 3.8) is 0 Å². The van der Waals surface area contributed by atoms with E-state index in [1.807, 2.05) is 25.2 Å². The summed E-state index contributed by atoms with van der Waals surface area (Å²) in [5.74, 6) is 0. The van der Waals surface area contributed by atoms with Crippen LogP contribution in [-0.4, -0.2) is 6.29 Å². The molecule has 1 heteroatoms. The maximum absolute atomic E-state index is 10.3. The van der Waals surface area contributed by atoms with Crippen molar-refractivity contribution in [3.05, 3.63) is 77.4 Å². The second-order valence-electron chi connectivity index (χ2n) is 4.79. The highest BCUT2D eigenvalue weighted by Gasteiger charge is 2.07. The maximum atomic E-state index is 10.3. The number of carbonyl (C=O) groups is 1. The lowest BCUT2D eigenvalue weighted by Crippen LogP contribution is -1.77. The molecule has 0 fully saturated rings. The molecule has 0 atom stereocenters. The van der Waals surface area contributed by atoms with Crippen LogP contribution in [0.25, 0.3) is 17.2 Å². The molecule has 0 aliphatic heterocycles. The second-order valence-corrected chi connectivity index (χ2v) is 4.79. The van der Waals surface area contributed by atoms with Gasteiger partial charge >= 0.3 is 0 Å². The predicted molar refractivity (Wildman–Crippen MR) is 85.8 cm³/mol. The molecule has 0 unspecified atom stereocenters. The van der Waals surface area contributed by atoms with Crippen LogP contribution in [0.2, 0.25) is 0 Å². The van der Waals surface area contributed by atoms with Gasteiger partial charge in [-0.2, -0.15) is 0 Å². The van der Waals surface area contributed by atoms with Crippen LogP contribution in [0, 0.1) is 6.92 Å². The summed E-state index contributed by atoms with van der Waals surface area (Å²) in [7, 11) is 0. The summed E-state index contributed by atoms with van der Waals surface area (Å²) in [6.07, 6.45) is 10.3. The van der Waals surface area contributed by atoms with Gasteiger partial charge in [-0.05, 0) is 47.8 Å². The highest BCUT2D eigenvalue weighted by Crippen LogP contribution is 2.31. The Morgan fingerprint density at radius 1 is 1.05 bits per heavy atom. The van der Waals surface area contributed by atoms with E-state index in [0.717, 1.165) is 11.9 Å². The number of hydrogen-bond donors (Lipinski definition) is 0. The van der Waals surface area contributed by atoms with E-state index in [9.17, 15) is 4.79 Å². The minimum Gasteiger partial charge on any atom is -0.299 e. The summed E-state index contributed by atoms with van der Waals surface area (Å²) in [6, 6.07) is 12.7. The Labute approximate surface area is 120 Å². The molecular weight excluding hydrogens is 244 g/mol. The molecule has 0 N–H and O–H groups in total. The lowest BCUT2D eigenvalue weighted by atomic mass is 10.0. The van der Waals surface area contributed by atoms with Crippen LogP contribution < -0.4 is 0 Å². The third-order valence-electron chi connectivity index (χ3n) is 3.22. The molecule has 0 spiro atoms. The number of allylic oxidation sites excluding steroid dienone is 5. The van der Waals surface area contributed by atoms with Gasteiger partial charge in [-0.15, -0.1) is 0 Å². The van der Waals surface area contributed by atoms with Crippen LogP contribution in [0.4, 0.5) is 0 Å². The minimum atomic E-state index is 0.803. The van der Waals surface area contributed by atoms with Crippen molar-refractivity contribution in [2.75, 3.05) is 0 Å². The zero-order valence-electron chi connectivity index (χ0n) is 11.8. The van der Waals surface area contributed by atoms with Gasteiger partial charge in [0.2, 0.25) is 0 Å². The molecule has 0 aromatic heterocycles. The van der Waals surface area contributed by atoms with E-state index in [1.54, 1.807) is 6.08 Å². The van der Waals surface area contributed by atoms with E-state index < -0.39 is 0 Å². The zero-order chi connectivity index (χ0) is 14.4. The van der Waals surface area contributed by atoms with Crippen LogP contribution in [0.5, 0.6) is 0 Å². The number of hydrogen-bond acceptors (Lipinski definition) is 1. The summed E-state index contributed by atoms with van der Waals surface area (Å²) < 4.78 is 0. The monoisotopic (exact) mass is 262 g/mol. The van der Waals surface area contributed by atoms with Gasteiger partial charge in [0.15, 0.2) is 0 Å². The average Bonchev–Trinajstić information content (AvgIpc) is 2.74. The van der Waals surface area contributed by atoms with Crippen molar-refractivity contribution < 1.29 is 4.79 Å². The van der Waals surface area contributed by atoms with E-state index in [1.165, 1.54) is 22.3 Å². The third kappa shape index (κ3) is 3.33. The molecule has 0 saturated heterocycles. The van der Waals surface area contributed by atoms with E-state index >= 15 is 0 Å². The third-order valence-corrected chi connectivity index (χ3v) is 3.22. The topological polar surface area (TPSA) is 17.1 Å². The molecule has 0 bridgehead atoms. The smallest absolute Gasteiger partial charge is 0.143 e. The van der Waals surface area contributed by atoms with Gasteiger partial charge in [-0.3, -0.25) is 4.79 Å². The van der Waals surface area contributed by atoms with Crippen LogP contribution >= 0.6 is 0 Å². The molecule has 100 valence electrons. The van der Waals surface area contributed by atoms with Crippen molar-refractivity contribution in [3.8, 4) is 11.1 Å². The summed E-state index contributed by atoms with van der Waals surface area (Å²) in [5, 5.41) is 0. The van der Waals surface area contributed by atoms with Crippen molar-refractivity contribution in [2.24, 2.45) is 0 Å². The molecule has 2 aliphatic rings. The Bertz CT molecular complexity index is 660. The number of fused-ring (bicyclic) bond motifs is 1. The highest BCUT2D eigenvalue weighted by molar-refractivity contribution is 5.81. The maximum Gasteiger partial charge on any atom is 0.143 e. The standard InChI is InChI=1S/C19H18O/c1-15(13-14-20)7-3-5-9-17-11-12-18-10-6-4-8-16(2)19(17)18/h3-14H,1-2H3/b7-3+,9-5+,15-13+. The highest BCUT2D eigenvalue weighted by atomic mass is 16.1. The number of rotatable bonds is 4. The van der Waals surface area contributed by atoms with E-state index in [0.29, 0.717) is 0 Å². The molecule has 0 aromatic rings. The van der Waals surface area contributed by atoms with Crippen molar-refractivity contribution >= 4 is 12.4 Å². The SMILES string of the molecule is CC(/C=C/C=C/c1ccc2ccccc(C)c1-2)=C\C=O. The first-order chi connectivity index (χ1) is 9.72. The van der Waals surface area contributed by atoms with Crippen LogP contribution in [-0.2, 0) is 4.79 Å². The van der Waals surface area contributed by atoms with Crippen molar-refractivity contribution in [1.82, 2.24) is 0 Å². The summed E-state index contributed by atoms with van der Waals surface area (Å²) in [4.78, 5) is 10.3.